The summed E-state index contributed by atoms with van der Waals surface area (Å²) in [5, 5.41) is 5.11. The maximum absolute atomic E-state index is 12.5. The fraction of sp³-hybridized carbons (Fsp3) is 0.429. The van der Waals surface area contributed by atoms with Crippen molar-refractivity contribution in [1.82, 2.24) is 14.3 Å². The average Bonchev–Trinajstić information content (AvgIpc) is 2.84. The minimum Gasteiger partial charge on any atom is -0.491 e. The zero-order valence-electron chi connectivity index (χ0n) is 11.7. The lowest BCUT2D eigenvalue weighted by molar-refractivity contribution is 0.343. The molecule has 1 aromatic carbocycles. The van der Waals surface area contributed by atoms with Gasteiger partial charge in [0.15, 0.2) is 0 Å². The van der Waals surface area contributed by atoms with Crippen molar-refractivity contribution < 1.29 is 4.74 Å². The van der Waals surface area contributed by atoms with E-state index in [4.69, 9.17) is 39.5 Å². The molecule has 2 aromatic rings. The number of fused-ring (bicyclic) bond motifs is 1. The lowest BCUT2D eigenvalue weighted by atomic mass is 10.2. The molecule has 22 heavy (non-hydrogen) atoms. The number of hydrogen-bond donors (Lipinski definition) is 0. The Labute approximate surface area is 142 Å². The van der Waals surface area contributed by atoms with Gasteiger partial charge < -0.3 is 4.74 Å². The first-order chi connectivity index (χ1) is 10.6. The van der Waals surface area contributed by atoms with Crippen LogP contribution >= 0.6 is 34.8 Å². The van der Waals surface area contributed by atoms with E-state index in [0.29, 0.717) is 40.5 Å². The second kappa shape index (κ2) is 6.52. The van der Waals surface area contributed by atoms with Gasteiger partial charge in [-0.15, -0.1) is 16.7 Å². The van der Waals surface area contributed by atoms with Crippen LogP contribution in [0.2, 0.25) is 10.0 Å². The second-order valence-corrected chi connectivity index (χ2v) is 6.18. The number of benzene rings is 1. The third kappa shape index (κ3) is 2.85. The molecule has 0 aliphatic carbocycles. The van der Waals surface area contributed by atoms with Crippen molar-refractivity contribution in [2.75, 3.05) is 12.5 Å². The van der Waals surface area contributed by atoms with Gasteiger partial charge >= 0.3 is 5.69 Å². The molecule has 3 rings (SSSR count). The van der Waals surface area contributed by atoms with Crippen molar-refractivity contribution in [2.24, 2.45) is 0 Å². The highest BCUT2D eigenvalue weighted by Crippen LogP contribution is 2.32. The lowest BCUT2D eigenvalue weighted by Crippen LogP contribution is -2.26. The Bertz CT molecular complexity index is 755. The molecule has 0 amide bonds. The Morgan fingerprint density at radius 2 is 2.05 bits per heavy atom. The fourth-order valence-corrected chi connectivity index (χ4v) is 3.09. The number of aromatic nitrogens is 3. The van der Waals surface area contributed by atoms with Gasteiger partial charge in [0.05, 0.1) is 21.6 Å². The van der Waals surface area contributed by atoms with Gasteiger partial charge in [-0.3, -0.25) is 4.57 Å². The second-order valence-electron chi connectivity index (χ2n) is 4.99. The summed E-state index contributed by atoms with van der Waals surface area (Å²) >= 11 is 18.0. The first kappa shape index (κ1) is 15.7. The van der Waals surface area contributed by atoms with Crippen LogP contribution in [0, 0.1) is 0 Å². The molecule has 0 spiro atoms. The van der Waals surface area contributed by atoms with Crippen LogP contribution in [0.3, 0.4) is 0 Å². The van der Waals surface area contributed by atoms with Crippen LogP contribution in [0.15, 0.2) is 16.9 Å². The molecule has 1 aliphatic heterocycles. The maximum Gasteiger partial charge on any atom is 0.350 e. The summed E-state index contributed by atoms with van der Waals surface area (Å²) < 4.78 is 8.47. The predicted octanol–water partition coefficient (Wildman–Crippen LogP) is 3.29. The average molecular weight is 363 g/mol. The zero-order valence-corrected chi connectivity index (χ0v) is 14.0. The van der Waals surface area contributed by atoms with Crippen molar-refractivity contribution in [3.63, 3.8) is 0 Å². The minimum absolute atomic E-state index is 0.192. The van der Waals surface area contributed by atoms with E-state index >= 15 is 0 Å². The van der Waals surface area contributed by atoms with Crippen LogP contribution in [0.25, 0.3) is 5.69 Å². The molecule has 0 fully saturated rings. The summed E-state index contributed by atoms with van der Waals surface area (Å²) in [5.74, 6) is 1.55. The first-order valence-corrected chi connectivity index (χ1v) is 8.28. The SMILES string of the molecule is O=c1n(-c2cc(OCCCl)c(Cl)cc2Cl)nc2n1CCCC2. The van der Waals surface area contributed by atoms with E-state index in [0.717, 1.165) is 25.1 Å². The van der Waals surface area contributed by atoms with E-state index < -0.39 is 0 Å². The lowest BCUT2D eigenvalue weighted by Gasteiger charge is -2.10. The van der Waals surface area contributed by atoms with Crippen molar-refractivity contribution in [2.45, 2.75) is 25.8 Å². The summed E-state index contributed by atoms with van der Waals surface area (Å²) in [5.41, 5.74) is 0.268. The summed E-state index contributed by atoms with van der Waals surface area (Å²) in [4.78, 5) is 12.5. The van der Waals surface area contributed by atoms with Gasteiger partial charge in [-0.25, -0.2) is 4.79 Å². The minimum atomic E-state index is -0.192. The molecule has 0 saturated heterocycles. The zero-order chi connectivity index (χ0) is 15.7. The topological polar surface area (TPSA) is 49.1 Å². The number of ether oxygens (including phenoxy) is 1. The molecule has 1 aromatic heterocycles. The third-order valence-electron chi connectivity index (χ3n) is 3.54. The number of nitrogens with zero attached hydrogens (tertiary/aromatic N) is 3. The predicted molar refractivity (Wildman–Crippen MR) is 87.0 cm³/mol. The highest BCUT2D eigenvalue weighted by Gasteiger charge is 2.20. The molecule has 0 N–H and O–H groups in total. The highest BCUT2D eigenvalue weighted by atomic mass is 35.5. The van der Waals surface area contributed by atoms with Crippen LogP contribution in [-0.4, -0.2) is 26.8 Å². The number of halogens is 3. The van der Waals surface area contributed by atoms with Crippen LogP contribution in [-0.2, 0) is 13.0 Å². The van der Waals surface area contributed by atoms with E-state index in [1.165, 1.54) is 4.68 Å². The Balaban J connectivity index is 2.08. The van der Waals surface area contributed by atoms with Crippen LogP contribution in [0.1, 0.15) is 18.7 Å². The number of aryl methyl sites for hydroxylation is 1. The molecule has 0 unspecified atom stereocenters. The molecule has 0 saturated carbocycles. The Morgan fingerprint density at radius 3 is 2.77 bits per heavy atom. The van der Waals surface area contributed by atoms with Crippen molar-refractivity contribution in [3.8, 4) is 11.4 Å². The molecule has 2 heterocycles. The van der Waals surface area contributed by atoms with Crippen molar-refractivity contribution in [3.05, 3.63) is 38.5 Å². The van der Waals surface area contributed by atoms with E-state index in [1.807, 2.05) is 0 Å². The molecule has 0 bridgehead atoms. The standard InChI is InChI=1S/C14H14Cl3N3O2/c15-4-6-22-12-8-11(9(16)7-10(12)17)20-14(21)19-5-2-1-3-13(19)18-20/h7-8H,1-6H2. The van der Waals surface area contributed by atoms with E-state index in [9.17, 15) is 4.79 Å². The van der Waals surface area contributed by atoms with Crippen LogP contribution in [0.5, 0.6) is 5.75 Å². The molecule has 0 atom stereocenters. The first-order valence-electron chi connectivity index (χ1n) is 6.98. The van der Waals surface area contributed by atoms with Gasteiger partial charge in [0.2, 0.25) is 0 Å². The van der Waals surface area contributed by atoms with Crippen LogP contribution < -0.4 is 10.4 Å². The maximum atomic E-state index is 12.5. The summed E-state index contributed by atoms with van der Waals surface area (Å²) in [7, 11) is 0. The van der Waals surface area contributed by atoms with Crippen molar-refractivity contribution in [1.29, 1.82) is 0 Å². The third-order valence-corrected chi connectivity index (χ3v) is 4.29. The molecule has 0 radical (unpaired) electrons. The highest BCUT2D eigenvalue weighted by molar-refractivity contribution is 6.36. The van der Waals surface area contributed by atoms with Gasteiger partial charge in [-0.05, 0) is 18.9 Å². The van der Waals surface area contributed by atoms with E-state index in [-0.39, 0.29) is 5.69 Å². The van der Waals surface area contributed by atoms with Gasteiger partial charge in [-0.1, -0.05) is 23.2 Å². The summed E-state index contributed by atoms with van der Waals surface area (Å²) in [6.07, 6.45) is 2.81. The Kier molecular flexibility index (Phi) is 4.66. The molecule has 5 nitrogen and oxygen atoms in total. The monoisotopic (exact) mass is 361 g/mol. The molecular weight excluding hydrogens is 349 g/mol. The van der Waals surface area contributed by atoms with E-state index in [2.05, 4.69) is 5.10 Å². The summed E-state index contributed by atoms with van der Waals surface area (Å²) in [6.45, 7) is 1.01. The number of hydrogen-bond acceptors (Lipinski definition) is 3. The van der Waals surface area contributed by atoms with Gasteiger partial charge in [0.25, 0.3) is 0 Å². The number of rotatable bonds is 4. The number of alkyl halides is 1. The molecule has 118 valence electrons. The Hall–Kier alpha value is -1.17. The normalized spacial score (nSPS) is 14.0. The Morgan fingerprint density at radius 1 is 1.23 bits per heavy atom. The van der Waals surface area contributed by atoms with Gasteiger partial charge in [-0.2, -0.15) is 4.68 Å². The molecule has 1 aliphatic rings. The van der Waals surface area contributed by atoms with Crippen molar-refractivity contribution >= 4 is 34.8 Å². The van der Waals surface area contributed by atoms with Gasteiger partial charge in [0, 0.05) is 19.0 Å². The van der Waals surface area contributed by atoms with E-state index in [1.54, 1.807) is 16.7 Å². The fourth-order valence-electron chi connectivity index (χ4n) is 2.50. The van der Waals surface area contributed by atoms with Gasteiger partial charge in [0.1, 0.15) is 18.2 Å². The molecular formula is C14H14Cl3N3O2. The smallest absolute Gasteiger partial charge is 0.350 e. The summed E-state index contributed by atoms with van der Waals surface area (Å²) in [6, 6.07) is 3.17. The quantitative estimate of drug-likeness (QED) is 0.784. The molecule has 8 heteroatoms. The largest absolute Gasteiger partial charge is 0.491 e. The van der Waals surface area contributed by atoms with Crippen LogP contribution in [0.4, 0.5) is 0 Å².